The second-order valence-corrected chi connectivity index (χ2v) is 5.65. The molecule has 3 rings (SSSR count). The van der Waals surface area contributed by atoms with Crippen LogP contribution >= 0.6 is 11.3 Å². The number of aromatic nitrogens is 1. The van der Waals surface area contributed by atoms with Gasteiger partial charge in [-0.25, -0.2) is 4.98 Å². The number of nitrogens with zero attached hydrogens (tertiary/aromatic N) is 1. The van der Waals surface area contributed by atoms with Gasteiger partial charge in [0, 0.05) is 6.42 Å². The maximum atomic E-state index is 12.4. The number of halogens is 2. The maximum Gasteiger partial charge on any atom is 0.387 e. The molecule has 2 heterocycles. The van der Waals surface area contributed by atoms with E-state index < -0.39 is 18.6 Å². The van der Waals surface area contributed by atoms with Gasteiger partial charge >= 0.3 is 6.61 Å². The molecule has 9 heteroatoms. The fourth-order valence-corrected chi connectivity index (χ4v) is 3.13. The second kappa shape index (κ2) is 5.84. The van der Waals surface area contributed by atoms with E-state index in [4.69, 9.17) is 0 Å². The minimum absolute atomic E-state index is 0.0429. The summed E-state index contributed by atoms with van der Waals surface area (Å²) < 4.78 is 29.7. The minimum atomic E-state index is -2.92. The lowest BCUT2D eigenvalue weighted by atomic mass is 10.1. The van der Waals surface area contributed by atoms with E-state index in [2.05, 4.69) is 20.4 Å². The van der Waals surface area contributed by atoms with E-state index >= 15 is 0 Å². The molecule has 1 aromatic heterocycles. The van der Waals surface area contributed by atoms with Crippen molar-refractivity contribution in [3.8, 4) is 5.75 Å². The number of thiazole rings is 1. The van der Waals surface area contributed by atoms with E-state index in [-0.39, 0.29) is 18.1 Å². The molecule has 2 N–H and O–H groups in total. The number of imide groups is 1. The standard InChI is InChI=1S/C13H11F2N3O3S/c14-12(15)21-8-3-1-2-6-10(8)22-13(16-6)17-7-4-5-9(19)18-11(7)20/h1-3,7,12H,4-5H2,(H,16,17)(H,18,19,20). The van der Waals surface area contributed by atoms with Crippen LogP contribution < -0.4 is 15.4 Å². The lowest BCUT2D eigenvalue weighted by Crippen LogP contribution is -2.47. The second-order valence-electron chi connectivity index (χ2n) is 4.65. The van der Waals surface area contributed by atoms with Crippen LogP contribution in [0.3, 0.4) is 0 Å². The smallest absolute Gasteiger partial charge is 0.387 e. The van der Waals surface area contributed by atoms with Crippen LogP contribution in [-0.4, -0.2) is 29.5 Å². The molecule has 6 nitrogen and oxygen atoms in total. The van der Waals surface area contributed by atoms with Crippen LogP contribution in [0.15, 0.2) is 18.2 Å². The molecule has 22 heavy (non-hydrogen) atoms. The summed E-state index contributed by atoms with van der Waals surface area (Å²) in [5, 5.41) is 5.57. The van der Waals surface area contributed by atoms with Crippen LogP contribution in [0.2, 0.25) is 0 Å². The fourth-order valence-electron chi connectivity index (χ4n) is 2.15. The number of nitrogens with one attached hydrogen (secondary N) is 2. The van der Waals surface area contributed by atoms with Crippen molar-refractivity contribution in [2.45, 2.75) is 25.5 Å². The Morgan fingerprint density at radius 2 is 2.23 bits per heavy atom. The molecule has 1 aliphatic rings. The van der Waals surface area contributed by atoms with Crippen LogP contribution in [0.1, 0.15) is 12.8 Å². The number of anilines is 1. The van der Waals surface area contributed by atoms with Gasteiger partial charge in [0.1, 0.15) is 11.8 Å². The topological polar surface area (TPSA) is 80.3 Å². The number of rotatable bonds is 4. The predicted molar refractivity (Wildman–Crippen MR) is 76.0 cm³/mol. The summed E-state index contributed by atoms with van der Waals surface area (Å²) in [6, 6.07) is 4.09. The average molecular weight is 327 g/mol. The van der Waals surface area contributed by atoms with Gasteiger partial charge in [0.2, 0.25) is 11.8 Å². The van der Waals surface area contributed by atoms with Crippen LogP contribution in [0, 0.1) is 0 Å². The van der Waals surface area contributed by atoms with Crippen molar-refractivity contribution in [3.63, 3.8) is 0 Å². The molecule has 1 saturated heterocycles. The Morgan fingerprint density at radius 3 is 2.95 bits per heavy atom. The van der Waals surface area contributed by atoms with Crippen molar-refractivity contribution in [1.82, 2.24) is 10.3 Å². The van der Waals surface area contributed by atoms with Gasteiger partial charge in [-0.05, 0) is 18.6 Å². The molecule has 2 amide bonds. The normalized spacial score (nSPS) is 18.6. The zero-order valence-electron chi connectivity index (χ0n) is 11.1. The van der Waals surface area contributed by atoms with Gasteiger partial charge in [-0.1, -0.05) is 17.4 Å². The van der Waals surface area contributed by atoms with Gasteiger partial charge in [-0.15, -0.1) is 0 Å². The highest BCUT2D eigenvalue weighted by Crippen LogP contribution is 2.34. The Balaban J connectivity index is 1.83. The first-order chi connectivity index (χ1) is 10.5. The molecule has 0 aliphatic carbocycles. The number of ether oxygens (including phenoxy) is 1. The third-order valence-electron chi connectivity index (χ3n) is 3.13. The van der Waals surface area contributed by atoms with Crippen LogP contribution in [0.4, 0.5) is 13.9 Å². The van der Waals surface area contributed by atoms with E-state index in [1.54, 1.807) is 12.1 Å². The zero-order valence-corrected chi connectivity index (χ0v) is 12.0. The Labute approximate surface area is 127 Å². The van der Waals surface area contributed by atoms with E-state index in [1.807, 2.05) is 0 Å². The van der Waals surface area contributed by atoms with Crippen molar-refractivity contribution < 1.29 is 23.1 Å². The first kappa shape index (κ1) is 14.6. The van der Waals surface area contributed by atoms with E-state index in [1.165, 1.54) is 6.07 Å². The molecule has 0 radical (unpaired) electrons. The molecule has 0 bridgehead atoms. The molecule has 1 atom stereocenters. The van der Waals surface area contributed by atoms with Gasteiger partial charge < -0.3 is 10.1 Å². The van der Waals surface area contributed by atoms with Crippen molar-refractivity contribution >= 4 is 38.5 Å². The number of carbonyl (C=O) groups excluding carboxylic acids is 2. The maximum absolute atomic E-state index is 12.4. The summed E-state index contributed by atoms with van der Waals surface area (Å²) in [7, 11) is 0. The molecular formula is C13H11F2N3O3S. The third-order valence-corrected chi connectivity index (χ3v) is 4.15. The molecule has 1 aliphatic heterocycles. The molecule has 1 unspecified atom stereocenters. The van der Waals surface area contributed by atoms with E-state index in [0.717, 1.165) is 11.3 Å². The minimum Gasteiger partial charge on any atom is -0.433 e. The Kier molecular flexibility index (Phi) is 3.88. The predicted octanol–water partition coefficient (Wildman–Crippen LogP) is 2.11. The zero-order chi connectivity index (χ0) is 15.7. The highest BCUT2D eigenvalue weighted by molar-refractivity contribution is 7.22. The monoisotopic (exact) mass is 327 g/mol. The third kappa shape index (κ3) is 2.98. The summed E-state index contributed by atoms with van der Waals surface area (Å²) >= 11 is 1.12. The largest absolute Gasteiger partial charge is 0.433 e. The van der Waals surface area contributed by atoms with Crippen LogP contribution in [0.5, 0.6) is 5.75 Å². The van der Waals surface area contributed by atoms with E-state index in [0.29, 0.717) is 21.8 Å². The fraction of sp³-hybridized carbons (Fsp3) is 0.308. The van der Waals surface area contributed by atoms with Gasteiger partial charge in [0.25, 0.3) is 0 Å². The van der Waals surface area contributed by atoms with Gasteiger partial charge in [0.05, 0.1) is 10.2 Å². The summed E-state index contributed by atoms with van der Waals surface area (Å²) in [5.41, 5.74) is 0.498. The molecule has 1 fully saturated rings. The SMILES string of the molecule is O=C1CCC(Nc2nc3cccc(OC(F)F)c3s2)C(=O)N1. The number of benzene rings is 1. The van der Waals surface area contributed by atoms with Crippen LogP contribution in [-0.2, 0) is 9.59 Å². The number of carbonyl (C=O) groups is 2. The number of piperidine rings is 1. The molecule has 116 valence electrons. The van der Waals surface area contributed by atoms with Crippen molar-refractivity contribution in [1.29, 1.82) is 0 Å². The summed E-state index contributed by atoms with van der Waals surface area (Å²) in [4.78, 5) is 27.0. The van der Waals surface area contributed by atoms with Crippen molar-refractivity contribution in [2.75, 3.05) is 5.32 Å². The summed E-state index contributed by atoms with van der Waals surface area (Å²) in [6.45, 7) is -2.92. The van der Waals surface area contributed by atoms with Gasteiger partial charge in [-0.2, -0.15) is 8.78 Å². The van der Waals surface area contributed by atoms with Crippen molar-refractivity contribution in [2.24, 2.45) is 0 Å². The average Bonchev–Trinajstić information content (AvgIpc) is 2.85. The Hall–Kier alpha value is -2.29. The highest BCUT2D eigenvalue weighted by atomic mass is 32.1. The number of fused-ring (bicyclic) bond motifs is 1. The molecule has 1 aromatic carbocycles. The van der Waals surface area contributed by atoms with Gasteiger partial charge in [-0.3, -0.25) is 14.9 Å². The number of alkyl halides is 2. The lowest BCUT2D eigenvalue weighted by Gasteiger charge is -2.21. The first-order valence-electron chi connectivity index (χ1n) is 6.47. The van der Waals surface area contributed by atoms with E-state index in [9.17, 15) is 18.4 Å². The van der Waals surface area contributed by atoms with Gasteiger partial charge in [0.15, 0.2) is 5.13 Å². The quantitative estimate of drug-likeness (QED) is 0.841. The Bertz CT molecular complexity index is 734. The molecule has 0 spiro atoms. The van der Waals surface area contributed by atoms with Crippen LogP contribution in [0.25, 0.3) is 10.2 Å². The number of hydrogen-bond donors (Lipinski definition) is 2. The van der Waals surface area contributed by atoms with Crippen molar-refractivity contribution in [3.05, 3.63) is 18.2 Å². The summed E-state index contributed by atoms with van der Waals surface area (Å²) in [6.07, 6.45) is 0.606. The molecule has 0 saturated carbocycles. The highest BCUT2D eigenvalue weighted by Gasteiger charge is 2.27. The lowest BCUT2D eigenvalue weighted by molar-refractivity contribution is -0.133. The summed E-state index contributed by atoms with van der Waals surface area (Å²) in [5.74, 6) is -0.680. The molecule has 2 aromatic rings. The molecular weight excluding hydrogens is 316 g/mol. The number of hydrogen-bond acceptors (Lipinski definition) is 6. The number of amides is 2. The first-order valence-corrected chi connectivity index (χ1v) is 7.29. The Morgan fingerprint density at radius 1 is 1.41 bits per heavy atom.